The molecule has 1 rings (SSSR count). The molecule has 1 aliphatic heterocycles. The molecule has 0 unspecified atom stereocenters. The molecule has 0 aromatic carbocycles. The van der Waals surface area contributed by atoms with Gasteiger partial charge in [0.05, 0.1) is 12.2 Å². The average Bonchev–Trinajstić information content (AvgIpc) is 2.22. The molecular weight excluding hydrogens is 206 g/mol. The van der Waals surface area contributed by atoms with Crippen LogP contribution in [0.25, 0.3) is 0 Å². The van der Waals surface area contributed by atoms with Gasteiger partial charge in [-0.1, -0.05) is 0 Å². The number of ether oxygens (including phenoxy) is 1. The molecule has 5 nitrogen and oxygen atoms in total. The molecule has 1 saturated heterocycles. The summed E-state index contributed by atoms with van der Waals surface area (Å²) in [5, 5.41) is 0. The Kier molecular flexibility index (Phi) is 5.73. The summed E-state index contributed by atoms with van der Waals surface area (Å²) in [5.41, 5.74) is 2.14. The van der Waals surface area contributed by atoms with Gasteiger partial charge in [0.15, 0.2) is 0 Å². The van der Waals surface area contributed by atoms with Gasteiger partial charge >= 0.3 is 0 Å². The van der Waals surface area contributed by atoms with Gasteiger partial charge in [0, 0.05) is 19.5 Å². The normalized spacial score (nSPS) is 26.7. The van der Waals surface area contributed by atoms with E-state index in [1.54, 1.807) is 0 Å². The van der Waals surface area contributed by atoms with Crippen LogP contribution in [-0.2, 0) is 9.53 Å². The van der Waals surface area contributed by atoms with E-state index in [9.17, 15) is 4.79 Å². The molecule has 0 bridgehead atoms. The summed E-state index contributed by atoms with van der Waals surface area (Å²) in [6.07, 6.45) is 3.08. The smallest absolute Gasteiger partial charge is 0.233 e. The van der Waals surface area contributed by atoms with Crippen molar-refractivity contribution in [3.8, 4) is 0 Å². The molecule has 1 aliphatic rings. The Morgan fingerprint density at radius 1 is 1.38 bits per heavy atom. The minimum atomic E-state index is -0.0799. The van der Waals surface area contributed by atoms with Crippen LogP contribution >= 0.6 is 0 Å². The Balaban J connectivity index is 2.10. The number of morpholine rings is 1. The van der Waals surface area contributed by atoms with Crippen LogP contribution in [0.3, 0.4) is 0 Å². The number of hydrazine groups is 1. The van der Waals surface area contributed by atoms with Crippen LogP contribution in [-0.4, -0.2) is 42.6 Å². The van der Waals surface area contributed by atoms with Crippen LogP contribution in [0.4, 0.5) is 0 Å². The molecule has 1 heterocycles. The van der Waals surface area contributed by atoms with Crippen LogP contribution in [0, 0.1) is 0 Å². The second kappa shape index (κ2) is 6.83. The molecule has 1 fully saturated rings. The van der Waals surface area contributed by atoms with Gasteiger partial charge < -0.3 is 4.74 Å². The van der Waals surface area contributed by atoms with Crippen molar-refractivity contribution in [2.75, 3.05) is 19.6 Å². The fourth-order valence-electron chi connectivity index (χ4n) is 2.16. The zero-order valence-electron chi connectivity index (χ0n) is 10.2. The molecule has 0 saturated carbocycles. The van der Waals surface area contributed by atoms with Crippen LogP contribution in [0.2, 0.25) is 0 Å². The summed E-state index contributed by atoms with van der Waals surface area (Å²) < 4.78 is 5.66. The number of carbonyl (C=O) groups is 1. The van der Waals surface area contributed by atoms with Gasteiger partial charge in [0.1, 0.15) is 0 Å². The molecule has 0 radical (unpaired) electrons. The van der Waals surface area contributed by atoms with Gasteiger partial charge in [0.2, 0.25) is 5.91 Å². The highest BCUT2D eigenvalue weighted by atomic mass is 16.5. The van der Waals surface area contributed by atoms with E-state index >= 15 is 0 Å². The third kappa shape index (κ3) is 4.92. The predicted octanol–water partition coefficient (Wildman–Crippen LogP) is 0.256. The first-order valence-corrected chi connectivity index (χ1v) is 5.99. The number of rotatable bonds is 5. The minimum Gasteiger partial charge on any atom is -0.373 e. The van der Waals surface area contributed by atoms with Crippen molar-refractivity contribution >= 4 is 5.91 Å². The average molecular weight is 229 g/mol. The third-order valence-corrected chi connectivity index (χ3v) is 2.78. The standard InChI is InChI=1S/C11H23N3O2/c1-9-7-14(8-10(2)16-9)6-4-3-5-11(15)13-12/h9-10H,3-8,12H2,1-2H3,(H,13,15)/t9-,10+. The van der Waals surface area contributed by atoms with Crippen molar-refractivity contribution in [3.05, 3.63) is 0 Å². The first-order valence-electron chi connectivity index (χ1n) is 5.99. The second-order valence-electron chi connectivity index (χ2n) is 4.54. The van der Waals surface area contributed by atoms with E-state index in [4.69, 9.17) is 10.6 Å². The Hall–Kier alpha value is -0.650. The summed E-state index contributed by atoms with van der Waals surface area (Å²) in [5.74, 6) is 4.93. The number of nitrogens with one attached hydrogen (secondary N) is 1. The van der Waals surface area contributed by atoms with Crippen molar-refractivity contribution in [3.63, 3.8) is 0 Å². The third-order valence-electron chi connectivity index (χ3n) is 2.78. The molecule has 0 aromatic heterocycles. The van der Waals surface area contributed by atoms with Gasteiger partial charge in [-0.3, -0.25) is 15.1 Å². The fourth-order valence-corrected chi connectivity index (χ4v) is 2.16. The summed E-state index contributed by atoms with van der Waals surface area (Å²) >= 11 is 0. The summed E-state index contributed by atoms with van der Waals surface area (Å²) in [7, 11) is 0. The highest BCUT2D eigenvalue weighted by molar-refractivity contribution is 5.75. The van der Waals surface area contributed by atoms with E-state index in [1.807, 2.05) is 0 Å². The molecule has 0 aromatic rings. The van der Waals surface area contributed by atoms with Crippen molar-refractivity contribution in [1.29, 1.82) is 0 Å². The van der Waals surface area contributed by atoms with Gasteiger partial charge in [-0.25, -0.2) is 5.84 Å². The van der Waals surface area contributed by atoms with E-state index < -0.39 is 0 Å². The lowest BCUT2D eigenvalue weighted by atomic mass is 10.2. The Morgan fingerprint density at radius 2 is 2.00 bits per heavy atom. The molecule has 5 heteroatoms. The number of unbranched alkanes of at least 4 members (excludes halogenated alkanes) is 1. The van der Waals surface area contributed by atoms with Crippen LogP contribution in [0.15, 0.2) is 0 Å². The molecule has 1 amide bonds. The van der Waals surface area contributed by atoms with E-state index in [0.717, 1.165) is 32.5 Å². The molecule has 16 heavy (non-hydrogen) atoms. The quantitative estimate of drug-likeness (QED) is 0.307. The van der Waals surface area contributed by atoms with E-state index in [-0.39, 0.29) is 5.91 Å². The summed E-state index contributed by atoms with van der Waals surface area (Å²) in [4.78, 5) is 13.3. The van der Waals surface area contributed by atoms with Crippen LogP contribution in [0.1, 0.15) is 33.1 Å². The van der Waals surface area contributed by atoms with Crippen molar-refractivity contribution in [1.82, 2.24) is 10.3 Å². The maximum absolute atomic E-state index is 10.9. The lowest BCUT2D eigenvalue weighted by molar-refractivity contribution is -0.121. The highest BCUT2D eigenvalue weighted by Crippen LogP contribution is 2.11. The molecular formula is C11H23N3O2. The first kappa shape index (κ1) is 13.4. The number of amides is 1. The van der Waals surface area contributed by atoms with Gasteiger partial charge in [0.25, 0.3) is 0 Å². The zero-order chi connectivity index (χ0) is 12.0. The maximum Gasteiger partial charge on any atom is 0.233 e. The minimum absolute atomic E-state index is 0.0799. The Morgan fingerprint density at radius 3 is 2.56 bits per heavy atom. The fraction of sp³-hybridized carbons (Fsp3) is 0.909. The van der Waals surface area contributed by atoms with Crippen molar-refractivity contribution in [2.24, 2.45) is 5.84 Å². The first-order chi connectivity index (χ1) is 7.61. The van der Waals surface area contributed by atoms with Crippen molar-refractivity contribution < 1.29 is 9.53 Å². The van der Waals surface area contributed by atoms with E-state index in [0.29, 0.717) is 18.6 Å². The number of nitrogens with zero attached hydrogens (tertiary/aromatic N) is 1. The van der Waals surface area contributed by atoms with Gasteiger partial charge in [-0.2, -0.15) is 0 Å². The van der Waals surface area contributed by atoms with E-state index in [2.05, 4.69) is 24.2 Å². The largest absolute Gasteiger partial charge is 0.373 e. The predicted molar refractivity (Wildman–Crippen MR) is 62.6 cm³/mol. The maximum atomic E-state index is 10.9. The topological polar surface area (TPSA) is 67.6 Å². The summed E-state index contributed by atoms with van der Waals surface area (Å²) in [6, 6.07) is 0. The van der Waals surface area contributed by atoms with Gasteiger partial charge in [-0.15, -0.1) is 0 Å². The lowest BCUT2D eigenvalue weighted by Gasteiger charge is -2.35. The monoisotopic (exact) mass is 229 g/mol. The molecule has 2 atom stereocenters. The Labute approximate surface area is 97.3 Å². The molecule has 3 N–H and O–H groups in total. The molecule has 0 aliphatic carbocycles. The second-order valence-corrected chi connectivity index (χ2v) is 4.54. The van der Waals surface area contributed by atoms with Gasteiger partial charge in [-0.05, 0) is 33.2 Å². The number of hydrogen-bond acceptors (Lipinski definition) is 4. The van der Waals surface area contributed by atoms with Crippen LogP contribution in [0.5, 0.6) is 0 Å². The summed E-state index contributed by atoms with van der Waals surface area (Å²) in [6.45, 7) is 7.23. The SMILES string of the molecule is C[C@@H]1CN(CCCCC(=O)NN)C[C@H](C)O1. The highest BCUT2D eigenvalue weighted by Gasteiger charge is 2.21. The van der Waals surface area contributed by atoms with Crippen LogP contribution < -0.4 is 11.3 Å². The zero-order valence-corrected chi connectivity index (χ0v) is 10.2. The number of nitrogens with two attached hydrogens (primary N) is 1. The van der Waals surface area contributed by atoms with E-state index in [1.165, 1.54) is 0 Å². The molecule has 94 valence electrons. The lowest BCUT2D eigenvalue weighted by Crippen LogP contribution is -2.45. The van der Waals surface area contributed by atoms with Crippen molar-refractivity contribution in [2.45, 2.75) is 45.3 Å². The Bertz CT molecular complexity index is 213. The number of carbonyl (C=O) groups excluding carboxylic acids is 1. The molecule has 0 spiro atoms. The number of hydrogen-bond donors (Lipinski definition) is 2.